The highest BCUT2D eigenvalue weighted by Crippen LogP contribution is 2.07. The van der Waals surface area contributed by atoms with Crippen molar-refractivity contribution >= 4 is 0 Å². The van der Waals surface area contributed by atoms with Gasteiger partial charge in [0, 0.05) is 0 Å². The summed E-state index contributed by atoms with van der Waals surface area (Å²) in [6.45, 7) is 4.46. The maximum Gasteiger partial charge on any atom is -0.0244 e. The van der Waals surface area contributed by atoms with Crippen molar-refractivity contribution in [2.45, 2.75) is 39.5 Å². The van der Waals surface area contributed by atoms with Crippen molar-refractivity contribution in [1.82, 2.24) is 0 Å². The van der Waals surface area contributed by atoms with Gasteiger partial charge in [-0.2, -0.15) is 0 Å². The average Bonchev–Trinajstić information content (AvgIpc) is 2.20. The third kappa shape index (κ3) is 4.27. The van der Waals surface area contributed by atoms with E-state index in [9.17, 15) is 0 Å². The van der Waals surface area contributed by atoms with E-state index in [2.05, 4.69) is 50.3 Å². The van der Waals surface area contributed by atoms with E-state index in [-0.39, 0.29) is 0 Å². The van der Waals surface area contributed by atoms with Gasteiger partial charge in [0.15, 0.2) is 0 Å². The normalized spacial score (nSPS) is 11.7. The van der Waals surface area contributed by atoms with Gasteiger partial charge in [0.2, 0.25) is 0 Å². The summed E-state index contributed by atoms with van der Waals surface area (Å²) in [5, 5.41) is 0. The molecule has 0 aliphatic heterocycles. The fourth-order valence-corrected chi connectivity index (χ4v) is 1.63. The molecule has 0 heteroatoms. The number of allylic oxidation sites excluding steroid dienone is 2. The van der Waals surface area contributed by atoms with E-state index < -0.39 is 0 Å². The number of benzene rings is 1. The second-order valence-electron chi connectivity index (χ2n) is 3.82. The highest BCUT2D eigenvalue weighted by molar-refractivity contribution is 5.15. The van der Waals surface area contributed by atoms with E-state index in [0.717, 1.165) is 0 Å². The lowest BCUT2D eigenvalue weighted by molar-refractivity contribution is 0.884. The fraction of sp³-hybridized carbons (Fsp3) is 0.429. The zero-order chi connectivity index (χ0) is 10.2. The van der Waals surface area contributed by atoms with Crippen molar-refractivity contribution in [2.24, 2.45) is 0 Å². The Hall–Kier alpha value is -1.04. The molecule has 0 fully saturated rings. The zero-order valence-corrected chi connectivity index (χ0v) is 9.29. The molecule has 0 saturated carbocycles. The summed E-state index contributed by atoms with van der Waals surface area (Å²) in [5.74, 6) is 0. The van der Waals surface area contributed by atoms with Crippen LogP contribution in [0.2, 0.25) is 0 Å². The fourth-order valence-electron chi connectivity index (χ4n) is 1.63. The highest BCUT2D eigenvalue weighted by Gasteiger charge is 1.90. The smallest absolute Gasteiger partial charge is 0.0244 e. The molecule has 0 aliphatic rings. The Morgan fingerprint density at radius 3 is 2.57 bits per heavy atom. The molecule has 0 atom stereocenters. The standard InChI is InChI=1S/C14H20/c1-3-8-13(2)9-7-12-14-10-5-4-6-11-14/h4-6,9-11H,3,7-8,12H2,1-2H3/b13-9-. The molecule has 1 rings (SSSR count). The Morgan fingerprint density at radius 2 is 1.93 bits per heavy atom. The van der Waals surface area contributed by atoms with Gasteiger partial charge >= 0.3 is 0 Å². The monoisotopic (exact) mass is 188 g/mol. The maximum atomic E-state index is 2.37. The number of hydrogen-bond acceptors (Lipinski definition) is 0. The van der Waals surface area contributed by atoms with Crippen molar-refractivity contribution in [3.05, 3.63) is 47.5 Å². The molecule has 0 unspecified atom stereocenters. The topological polar surface area (TPSA) is 0 Å². The summed E-state index contributed by atoms with van der Waals surface area (Å²) < 4.78 is 0. The largest absolute Gasteiger partial charge is 0.0853 e. The Labute approximate surface area is 87.7 Å². The lowest BCUT2D eigenvalue weighted by atomic mass is 10.1. The summed E-state index contributed by atoms with van der Waals surface area (Å²) in [6, 6.07) is 10.7. The van der Waals surface area contributed by atoms with Crippen molar-refractivity contribution in [2.75, 3.05) is 0 Å². The van der Waals surface area contributed by atoms with Crippen LogP contribution >= 0.6 is 0 Å². The van der Waals surface area contributed by atoms with Crippen LogP contribution in [0.5, 0.6) is 0 Å². The van der Waals surface area contributed by atoms with Crippen LogP contribution < -0.4 is 0 Å². The molecule has 0 bridgehead atoms. The van der Waals surface area contributed by atoms with Gasteiger partial charge in [0.1, 0.15) is 0 Å². The molecule has 76 valence electrons. The molecule has 0 heterocycles. The maximum absolute atomic E-state index is 2.37. The summed E-state index contributed by atoms with van der Waals surface area (Å²) in [7, 11) is 0. The van der Waals surface area contributed by atoms with Gasteiger partial charge in [-0.15, -0.1) is 0 Å². The minimum absolute atomic E-state index is 1.17. The average molecular weight is 188 g/mol. The van der Waals surface area contributed by atoms with Crippen molar-refractivity contribution in [3.8, 4) is 0 Å². The minimum atomic E-state index is 1.17. The Bertz CT molecular complexity index is 269. The van der Waals surface area contributed by atoms with Crippen LogP contribution in [0.15, 0.2) is 42.0 Å². The third-order valence-electron chi connectivity index (χ3n) is 2.41. The first-order valence-corrected chi connectivity index (χ1v) is 5.52. The molecule has 0 amide bonds. The van der Waals surface area contributed by atoms with Crippen molar-refractivity contribution < 1.29 is 0 Å². The Kier molecular flexibility index (Phi) is 5.06. The molecule has 0 N–H and O–H groups in total. The van der Waals surface area contributed by atoms with E-state index in [1.54, 1.807) is 0 Å². The van der Waals surface area contributed by atoms with Crippen molar-refractivity contribution in [1.29, 1.82) is 0 Å². The van der Waals surface area contributed by atoms with E-state index in [1.807, 2.05) is 0 Å². The molecular weight excluding hydrogens is 168 g/mol. The predicted molar refractivity (Wildman–Crippen MR) is 63.4 cm³/mol. The van der Waals surface area contributed by atoms with Crippen LogP contribution in [0.25, 0.3) is 0 Å². The lowest BCUT2D eigenvalue weighted by Crippen LogP contribution is -1.83. The SMILES string of the molecule is CCC/C(C)=C\CCc1ccccc1. The predicted octanol–water partition coefficient (Wildman–Crippen LogP) is 4.37. The molecular formula is C14H20. The molecule has 0 aromatic heterocycles. The van der Waals surface area contributed by atoms with Gasteiger partial charge in [0.25, 0.3) is 0 Å². The number of aryl methyl sites for hydroxylation is 1. The van der Waals surface area contributed by atoms with Gasteiger partial charge in [-0.25, -0.2) is 0 Å². The molecule has 0 nitrogen and oxygen atoms in total. The van der Waals surface area contributed by atoms with Crippen LogP contribution in [0.1, 0.15) is 38.7 Å². The first-order valence-electron chi connectivity index (χ1n) is 5.52. The molecule has 0 radical (unpaired) electrons. The van der Waals surface area contributed by atoms with Crippen LogP contribution in [-0.2, 0) is 6.42 Å². The first-order chi connectivity index (χ1) is 6.83. The quantitative estimate of drug-likeness (QED) is 0.602. The van der Waals surface area contributed by atoms with Gasteiger partial charge < -0.3 is 0 Å². The van der Waals surface area contributed by atoms with Crippen LogP contribution in [0.3, 0.4) is 0 Å². The summed E-state index contributed by atoms with van der Waals surface area (Å²) >= 11 is 0. The van der Waals surface area contributed by atoms with E-state index in [1.165, 1.54) is 36.8 Å². The molecule has 1 aromatic carbocycles. The Balaban J connectivity index is 2.31. The van der Waals surface area contributed by atoms with Gasteiger partial charge in [-0.05, 0) is 31.7 Å². The summed E-state index contributed by atoms with van der Waals surface area (Å²) in [5.41, 5.74) is 2.97. The number of hydrogen-bond donors (Lipinski definition) is 0. The molecule has 14 heavy (non-hydrogen) atoms. The van der Waals surface area contributed by atoms with Gasteiger partial charge in [0.05, 0.1) is 0 Å². The van der Waals surface area contributed by atoms with Crippen LogP contribution in [-0.4, -0.2) is 0 Å². The van der Waals surface area contributed by atoms with Crippen LogP contribution in [0.4, 0.5) is 0 Å². The number of rotatable bonds is 5. The zero-order valence-electron chi connectivity index (χ0n) is 9.29. The molecule has 1 aromatic rings. The summed E-state index contributed by atoms with van der Waals surface area (Å²) in [6.07, 6.45) is 7.22. The highest BCUT2D eigenvalue weighted by atomic mass is 14.0. The second-order valence-corrected chi connectivity index (χ2v) is 3.82. The minimum Gasteiger partial charge on any atom is -0.0853 e. The van der Waals surface area contributed by atoms with Gasteiger partial charge in [-0.3, -0.25) is 0 Å². The lowest BCUT2D eigenvalue weighted by Gasteiger charge is -1.99. The van der Waals surface area contributed by atoms with Gasteiger partial charge in [-0.1, -0.05) is 55.3 Å². The van der Waals surface area contributed by atoms with E-state index >= 15 is 0 Å². The molecule has 0 aliphatic carbocycles. The van der Waals surface area contributed by atoms with E-state index in [4.69, 9.17) is 0 Å². The third-order valence-corrected chi connectivity index (χ3v) is 2.41. The first kappa shape index (κ1) is 11.0. The molecule has 0 spiro atoms. The second kappa shape index (κ2) is 6.42. The van der Waals surface area contributed by atoms with Crippen LogP contribution in [0, 0.1) is 0 Å². The van der Waals surface area contributed by atoms with Crippen molar-refractivity contribution in [3.63, 3.8) is 0 Å². The summed E-state index contributed by atoms with van der Waals surface area (Å²) in [4.78, 5) is 0. The van der Waals surface area contributed by atoms with E-state index in [0.29, 0.717) is 0 Å². The molecule has 0 saturated heterocycles. The Morgan fingerprint density at radius 1 is 1.21 bits per heavy atom.